The molecule has 6 heterocycles. The standard InChI is InChI=1S/C39H42N10O8/c1-57-39(56)45-27-15-17-33(51)47-19-3-5-31(49(47)37(27)53)35-41-21-29(43-35)25-12-8-23(9-13-25)22-6-10-24(11-7-22)28-20-40-34(42-28)30-4-2-18-46-32(50)16-14-26(44-38(54)55)36(52)48(30)46/h6-13,20-21,26-27,30-31,44H,2-5,14-19H2,1H3,(H,40,42)(H,41,43)(H,45,56)(H,54,55)/t26-,27-,30-,31-/m0/s1. The maximum atomic E-state index is 13.7. The number of aromatic amines is 2. The van der Waals surface area contributed by atoms with Gasteiger partial charge >= 0.3 is 12.2 Å². The number of carbonyl (C=O) groups excluding carboxylic acids is 5. The molecular weight excluding hydrogens is 736 g/mol. The summed E-state index contributed by atoms with van der Waals surface area (Å²) in [4.78, 5) is 92.4. The molecule has 296 valence electrons. The van der Waals surface area contributed by atoms with Crippen LogP contribution in [0.4, 0.5) is 9.59 Å². The number of alkyl carbamates (subject to hydrolysis) is 1. The lowest BCUT2D eigenvalue weighted by atomic mass is 10.0. The highest BCUT2D eigenvalue weighted by atomic mass is 16.5. The Morgan fingerprint density at radius 3 is 1.51 bits per heavy atom. The van der Waals surface area contributed by atoms with Crippen LogP contribution in [0.25, 0.3) is 33.6 Å². The maximum absolute atomic E-state index is 13.7. The van der Waals surface area contributed by atoms with Gasteiger partial charge in [0.25, 0.3) is 11.8 Å². The first kappa shape index (κ1) is 37.2. The minimum Gasteiger partial charge on any atom is -0.465 e. The number of imidazole rings is 2. The second kappa shape index (κ2) is 15.4. The number of ether oxygens (including phenoxy) is 1. The number of nitrogens with one attached hydrogen (secondary N) is 4. The van der Waals surface area contributed by atoms with Gasteiger partial charge < -0.3 is 30.4 Å². The van der Waals surface area contributed by atoms with Gasteiger partial charge in [0.05, 0.1) is 30.9 Å². The van der Waals surface area contributed by atoms with Crippen molar-refractivity contribution in [3.63, 3.8) is 0 Å². The van der Waals surface area contributed by atoms with Gasteiger partial charge in [-0.2, -0.15) is 0 Å². The second-order valence-electron chi connectivity index (χ2n) is 14.5. The van der Waals surface area contributed by atoms with E-state index in [1.54, 1.807) is 12.4 Å². The Bertz CT molecular complexity index is 2200. The largest absolute Gasteiger partial charge is 0.465 e. The first-order valence-electron chi connectivity index (χ1n) is 19.0. The Labute approximate surface area is 326 Å². The van der Waals surface area contributed by atoms with E-state index >= 15 is 0 Å². The normalized spacial score (nSPS) is 22.7. The molecule has 8 rings (SSSR count). The topological polar surface area (TPSA) is 226 Å². The van der Waals surface area contributed by atoms with Crippen LogP contribution in [0.15, 0.2) is 60.9 Å². The van der Waals surface area contributed by atoms with E-state index < -0.39 is 42.3 Å². The van der Waals surface area contributed by atoms with Crippen molar-refractivity contribution in [1.29, 1.82) is 0 Å². The Kier molecular flexibility index (Phi) is 10.1. The van der Waals surface area contributed by atoms with Crippen molar-refractivity contribution in [2.75, 3.05) is 20.2 Å². The van der Waals surface area contributed by atoms with Gasteiger partial charge in [0.15, 0.2) is 0 Å². The van der Waals surface area contributed by atoms with Crippen LogP contribution in [0.5, 0.6) is 0 Å². The molecule has 0 radical (unpaired) electrons. The number of amides is 6. The molecule has 6 amide bonds. The van der Waals surface area contributed by atoms with Crippen molar-refractivity contribution in [3.05, 3.63) is 72.6 Å². The third kappa shape index (κ3) is 7.25. The molecule has 0 aliphatic carbocycles. The number of carbonyl (C=O) groups is 6. The number of nitrogens with zero attached hydrogens (tertiary/aromatic N) is 6. The lowest BCUT2D eigenvalue weighted by Crippen LogP contribution is -2.57. The smallest absolute Gasteiger partial charge is 0.407 e. The molecule has 4 aliphatic rings. The molecule has 4 atom stereocenters. The SMILES string of the molecule is COC(=O)N[C@H]1CCC(=O)N2CCC[C@@H](c3ncc(-c4ccc(-c5ccc(-c6cnc([C@@H]7CCCN8C(=O)CC[C@H](NC(=O)O)C(=O)N78)[nH]6)cc5)cc4)[nH]3)N2C1=O. The molecule has 57 heavy (non-hydrogen) atoms. The number of hydrogen-bond donors (Lipinski definition) is 5. The van der Waals surface area contributed by atoms with Crippen molar-refractivity contribution in [2.24, 2.45) is 0 Å². The Morgan fingerprint density at radius 2 is 1.09 bits per heavy atom. The van der Waals surface area contributed by atoms with E-state index in [4.69, 9.17) is 4.74 Å². The molecule has 0 spiro atoms. The molecule has 18 nitrogen and oxygen atoms in total. The molecule has 5 N–H and O–H groups in total. The predicted molar refractivity (Wildman–Crippen MR) is 201 cm³/mol. The molecule has 0 unspecified atom stereocenters. The van der Waals surface area contributed by atoms with E-state index in [1.165, 1.54) is 27.1 Å². The Balaban J connectivity index is 0.960. The van der Waals surface area contributed by atoms with Crippen molar-refractivity contribution >= 4 is 35.8 Å². The number of aromatic nitrogens is 4. The average Bonchev–Trinajstić information content (AvgIpc) is 3.89. The van der Waals surface area contributed by atoms with Crippen LogP contribution in [0.3, 0.4) is 0 Å². The van der Waals surface area contributed by atoms with Crippen molar-refractivity contribution in [1.82, 2.24) is 50.6 Å². The Hall–Kier alpha value is -6.72. The first-order valence-corrected chi connectivity index (χ1v) is 19.0. The van der Waals surface area contributed by atoms with Gasteiger partial charge in [-0.1, -0.05) is 48.5 Å². The summed E-state index contributed by atoms with van der Waals surface area (Å²) < 4.78 is 4.71. The first-order chi connectivity index (χ1) is 27.6. The van der Waals surface area contributed by atoms with E-state index in [0.29, 0.717) is 50.4 Å². The number of hydrogen-bond acceptors (Lipinski definition) is 9. The summed E-state index contributed by atoms with van der Waals surface area (Å²) in [6, 6.07) is 12.9. The van der Waals surface area contributed by atoms with E-state index in [9.17, 15) is 33.9 Å². The lowest BCUT2D eigenvalue weighted by Gasteiger charge is -2.42. The highest BCUT2D eigenvalue weighted by Crippen LogP contribution is 2.36. The van der Waals surface area contributed by atoms with Crippen LogP contribution in [0, 0.1) is 0 Å². The Morgan fingerprint density at radius 1 is 0.667 bits per heavy atom. The van der Waals surface area contributed by atoms with Gasteiger partial charge in [-0.25, -0.2) is 29.6 Å². The molecule has 4 aliphatic heterocycles. The molecule has 18 heteroatoms. The summed E-state index contributed by atoms with van der Waals surface area (Å²) in [5.41, 5.74) is 5.19. The zero-order valence-corrected chi connectivity index (χ0v) is 31.1. The van der Waals surface area contributed by atoms with Crippen LogP contribution in [0.1, 0.15) is 75.1 Å². The molecule has 2 aromatic carbocycles. The third-order valence-corrected chi connectivity index (χ3v) is 11.0. The average molecular weight is 779 g/mol. The monoisotopic (exact) mass is 778 g/mol. The number of hydrazine groups is 2. The molecule has 0 bridgehead atoms. The molecule has 2 aromatic heterocycles. The van der Waals surface area contributed by atoms with Crippen molar-refractivity contribution in [2.45, 2.75) is 75.5 Å². The number of benzene rings is 2. The zero-order chi connectivity index (χ0) is 39.8. The highest BCUT2D eigenvalue weighted by molar-refractivity contribution is 5.91. The lowest BCUT2D eigenvalue weighted by molar-refractivity contribution is -0.174. The maximum Gasteiger partial charge on any atom is 0.407 e. The molecule has 0 saturated carbocycles. The third-order valence-electron chi connectivity index (χ3n) is 11.0. The molecular formula is C39H42N10O8. The second-order valence-corrected chi connectivity index (χ2v) is 14.5. The summed E-state index contributed by atoms with van der Waals surface area (Å²) >= 11 is 0. The fraction of sp³-hybridized carbons (Fsp3) is 0.385. The van der Waals surface area contributed by atoms with Gasteiger partial charge in [-0.15, -0.1) is 0 Å². The van der Waals surface area contributed by atoms with Crippen LogP contribution in [-0.2, 0) is 23.9 Å². The van der Waals surface area contributed by atoms with Crippen molar-refractivity contribution in [3.8, 4) is 33.6 Å². The van der Waals surface area contributed by atoms with Gasteiger partial charge in [0.2, 0.25) is 11.8 Å². The summed E-state index contributed by atoms with van der Waals surface area (Å²) in [6.07, 6.45) is 4.32. The van der Waals surface area contributed by atoms with E-state index in [-0.39, 0.29) is 43.4 Å². The van der Waals surface area contributed by atoms with Gasteiger partial charge in [0, 0.05) is 25.9 Å². The minimum atomic E-state index is -1.32. The quantitative estimate of drug-likeness (QED) is 0.182. The minimum absolute atomic E-state index is 0.0639. The highest BCUT2D eigenvalue weighted by Gasteiger charge is 2.45. The van der Waals surface area contributed by atoms with Gasteiger partial charge in [-0.3, -0.25) is 29.2 Å². The van der Waals surface area contributed by atoms with Crippen LogP contribution < -0.4 is 10.6 Å². The summed E-state index contributed by atoms with van der Waals surface area (Å²) in [7, 11) is 1.23. The fourth-order valence-electron chi connectivity index (χ4n) is 8.17. The van der Waals surface area contributed by atoms with E-state index in [2.05, 4.69) is 30.6 Å². The predicted octanol–water partition coefficient (Wildman–Crippen LogP) is 3.90. The van der Waals surface area contributed by atoms with Crippen LogP contribution >= 0.6 is 0 Å². The molecule has 4 saturated heterocycles. The van der Waals surface area contributed by atoms with E-state index in [0.717, 1.165) is 33.6 Å². The number of rotatable bonds is 7. The van der Waals surface area contributed by atoms with Gasteiger partial charge in [-0.05, 0) is 60.8 Å². The molecule has 4 fully saturated rings. The fourth-order valence-corrected chi connectivity index (χ4v) is 8.17. The number of carboxylic acid groups (broad SMARTS) is 1. The molecule has 4 aromatic rings. The van der Waals surface area contributed by atoms with Crippen LogP contribution in [0.2, 0.25) is 0 Å². The van der Waals surface area contributed by atoms with Crippen LogP contribution in [-0.4, -0.2) is 113 Å². The van der Waals surface area contributed by atoms with Gasteiger partial charge in [0.1, 0.15) is 35.8 Å². The number of methoxy groups -OCH3 is 1. The number of fused-ring (bicyclic) bond motifs is 2. The summed E-state index contributed by atoms with van der Waals surface area (Å²) in [5, 5.41) is 19.9. The number of H-pyrrole nitrogens is 2. The van der Waals surface area contributed by atoms with E-state index in [1.807, 2.05) is 48.5 Å². The summed E-state index contributed by atoms with van der Waals surface area (Å²) in [6.45, 7) is 0.785. The summed E-state index contributed by atoms with van der Waals surface area (Å²) in [5.74, 6) is -0.201. The zero-order valence-electron chi connectivity index (χ0n) is 31.1. The van der Waals surface area contributed by atoms with Crippen molar-refractivity contribution < 1.29 is 38.6 Å².